The van der Waals surface area contributed by atoms with E-state index in [1.807, 2.05) is 0 Å². The van der Waals surface area contributed by atoms with Crippen LogP contribution in [-0.4, -0.2) is 26.2 Å². The molecule has 1 aromatic rings. The van der Waals surface area contributed by atoms with Gasteiger partial charge < -0.3 is 5.11 Å². The number of benzene rings is 1. The van der Waals surface area contributed by atoms with Crippen LogP contribution in [0.25, 0.3) is 0 Å². The van der Waals surface area contributed by atoms with Crippen molar-refractivity contribution in [3.05, 3.63) is 28.0 Å². The van der Waals surface area contributed by atoms with Gasteiger partial charge in [-0.3, -0.25) is 0 Å². The van der Waals surface area contributed by atoms with Gasteiger partial charge in [-0.1, -0.05) is 23.2 Å². The Bertz CT molecular complexity index is 616. The van der Waals surface area contributed by atoms with E-state index >= 15 is 0 Å². The molecule has 2 N–H and O–H groups in total. The molecule has 0 unspecified atom stereocenters. The average Bonchev–Trinajstić information content (AvgIpc) is 2.44. The highest BCUT2D eigenvalue weighted by Crippen LogP contribution is 2.30. The predicted molar refractivity (Wildman–Crippen MR) is 79.6 cm³/mol. The Labute approximate surface area is 133 Å². The molecule has 1 aliphatic carbocycles. The highest BCUT2D eigenvalue weighted by molar-refractivity contribution is 7.89. The van der Waals surface area contributed by atoms with Crippen LogP contribution >= 0.6 is 23.2 Å². The third-order valence-electron chi connectivity index (χ3n) is 3.67. The number of sulfonamides is 1. The van der Waals surface area contributed by atoms with Crippen molar-refractivity contribution in [2.45, 2.75) is 36.7 Å². The van der Waals surface area contributed by atoms with E-state index in [0.717, 1.165) is 18.9 Å². The molecule has 4 nitrogen and oxygen atoms in total. The SMILES string of the molecule is O=S(=O)(NCC1CCC(O)CC1)c1ccc(Cl)c(F)c1Cl. The quantitative estimate of drug-likeness (QED) is 0.816. The maximum absolute atomic E-state index is 13.6. The number of aliphatic hydroxyl groups excluding tert-OH is 1. The normalized spacial score (nSPS) is 23.2. The first-order valence-corrected chi connectivity index (χ1v) is 8.86. The molecule has 1 saturated carbocycles. The van der Waals surface area contributed by atoms with Crippen molar-refractivity contribution >= 4 is 33.2 Å². The van der Waals surface area contributed by atoms with Crippen LogP contribution in [0.4, 0.5) is 4.39 Å². The van der Waals surface area contributed by atoms with Gasteiger partial charge in [0.2, 0.25) is 10.0 Å². The Morgan fingerprint density at radius 1 is 1.24 bits per heavy atom. The van der Waals surface area contributed by atoms with Crippen LogP contribution in [0.1, 0.15) is 25.7 Å². The minimum absolute atomic E-state index is 0.166. The summed E-state index contributed by atoms with van der Waals surface area (Å²) in [4.78, 5) is -0.318. The zero-order chi connectivity index (χ0) is 15.6. The van der Waals surface area contributed by atoms with E-state index in [-0.39, 0.29) is 28.5 Å². The fourth-order valence-corrected chi connectivity index (χ4v) is 4.23. The van der Waals surface area contributed by atoms with Crippen LogP contribution in [0.5, 0.6) is 0 Å². The van der Waals surface area contributed by atoms with Crippen LogP contribution < -0.4 is 4.72 Å². The monoisotopic (exact) mass is 355 g/mol. The van der Waals surface area contributed by atoms with Crippen LogP contribution in [-0.2, 0) is 10.0 Å². The number of nitrogens with one attached hydrogen (secondary N) is 1. The topological polar surface area (TPSA) is 66.4 Å². The van der Waals surface area contributed by atoms with Gasteiger partial charge in [0.1, 0.15) is 4.90 Å². The van der Waals surface area contributed by atoms with E-state index in [2.05, 4.69) is 4.72 Å². The molecule has 1 aromatic carbocycles. The minimum Gasteiger partial charge on any atom is -0.393 e. The van der Waals surface area contributed by atoms with Crippen LogP contribution in [0.3, 0.4) is 0 Å². The van der Waals surface area contributed by atoms with Gasteiger partial charge in [-0.25, -0.2) is 17.5 Å². The lowest BCUT2D eigenvalue weighted by Gasteiger charge is -2.25. The van der Waals surface area contributed by atoms with Crippen molar-refractivity contribution < 1.29 is 17.9 Å². The first kappa shape index (κ1) is 17.0. The van der Waals surface area contributed by atoms with Gasteiger partial charge in [-0.15, -0.1) is 0 Å². The molecule has 0 spiro atoms. The lowest BCUT2D eigenvalue weighted by Crippen LogP contribution is -2.32. The number of aliphatic hydroxyl groups is 1. The lowest BCUT2D eigenvalue weighted by atomic mass is 9.88. The van der Waals surface area contributed by atoms with Gasteiger partial charge in [0, 0.05) is 6.54 Å². The van der Waals surface area contributed by atoms with Gasteiger partial charge in [0.25, 0.3) is 0 Å². The second kappa shape index (κ2) is 6.79. The summed E-state index contributed by atoms with van der Waals surface area (Å²) >= 11 is 11.3. The second-order valence-corrected chi connectivity index (χ2v) is 7.72. The summed E-state index contributed by atoms with van der Waals surface area (Å²) in [6, 6.07) is 2.34. The van der Waals surface area contributed by atoms with Crippen molar-refractivity contribution in [1.29, 1.82) is 0 Å². The molecule has 0 radical (unpaired) electrons. The maximum Gasteiger partial charge on any atom is 0.242 e. The van der Waals surface area contributed by atoms with Crippen LogP contribution in [0.15, 0.2) is 17.0 Å². The minimum atomic E-state index is -3.89. The Balaban J connectivity index is 2.07. The zero-order valence-corrected chi connectivity index (χ0v) is 13.5. The number of halogens is 3. The highest BCUT2D eigenvalue weighted by atomic mass is 35.5. The summed E-state index contributed by atoms with van der Waals surface area (Å²) in [5.41, 5.74) is 0. The third-order valence-corrected chi connectivity index (χ3v) is 5.91. The Morgan fingerprint density at radius 3 is 2.48 bits per heavy atom. The molecular formula is C13H16Cl2FNO3S. The van der Waals surface area contributed by atoms with Gasteiger partial charge >= 0.3 is 0 Å². The summed E-state index contributed by atoms with van der Waals surface area (Å²) in [7, 11) is -3.89. The summed E-state index contributed by atoms with van der Waals surface area (Å²) in [5.74, 6) is -0.777. The first-order valence-electron chi connectivity index (χ1n) is 6.62. The van der Waals surface area contributed by atoms with Crippen molar-refractivity contribution in [2.75, 3.05) is 6.54 Å². The second-order valence-electron chi connectivity index (χ2n) is 5.20. The standard InChI is InChI=1S/C13H16Cl2FNO3S/c14-10-5-6-11(12(15)13(10)16)21(19,20)17-7-8-1-3-9(18)4-2-8/h5-6,8-9,17-18H,1-4,7H2. The van der Waals surface area contributed by atoms with E-state index in [9.17, 15) is 17.9 Å². The van der Waals surface area contributed by atoms with Gasteiger partial charge in [-0.05, 0) is 43.7 Å². The van der Waals surface area contributed by atoms with E-state index in [4.69, 9.17) is 23.2 Å². The molecule has 2 rings (SSSR count). The molecule has 0 aliphatic heterocycles. The fourth-order valence-electron chi connectivity index (χ4n) is 2.37. The van der Waals surface area contributed by atoms with Crippen LogP contribution in [0, 0.1) is 11.7 Å². The highest BCUT2D eigenvalue weighted by Gasteiger charge is 2.25. The molecule has 0 saturated heterocycles. The molecule has 0 amide bonds. The molecule has 1 fully saturated rings. The van der Waals surface area contributed by atoms with E-state index in [0.29, 0.717) is 12.8 Å². The molecule has 0 aromatic heterocycles. The van der Waals surface area contributed by atoms with E-state index in [1.54, 1.807) is 0 Å². The fraction of sp³-hybridized carbons (Fsp3) is 0.538. The Kier molecular flexibility index (Phi) is 5.48. The Morgan fingerprint density at radius 2 is 1.86 bits per heavy atom. The molecule has 0 bridgehead atoms. The van der Waals surface area contributed by atoms with E-state index < -0.39 is 20.9 Å². The molecule has 0 heterocycles. The van der Waals surface area contributed by atoms with Gasteiger partial charge in [-0.2, -0.15) is 0 Å². The van der Waals surface area contributed by atoms with Crippen molar-refractivity contribution in [3.63, 3.8) is 0 Å². The van der Waals surface area contributed by atoms with Gasteiger partial charge in [0.05, 0.1) is 16.1 Å². The largest absolute Gasteiger partial charge is 0.393 e. The lowest BCUT2D eigenvalue weighted by molar-refractivity contribution is 0.109. The van der Waals surface area contributed by atoms with Crippen molar-refractivity contribution in [2.24, 2.45) is 5.92 Å². The van der Waals surface area contributed by atoms with Crippen molar-refractivity contribution in [3.8, 4) is 0 Å². The number of rotatable bonds is 4. The first-order chi connectivity index (χ1) is 9.81. The maximum atomic E-state index is 13.6. The summed E-state index contributed by atoms with van der Waals surface area (Å²) < 4.78 is 40.4. The molecule has 0 atom stereocenters. The predicted octanol–water partition coefficient (Wildman–Crippen LogP) is 2.96. The van der Waals surface area contributed by atoms with Crippen molar-refractivity contribution in [1.82, 2.24) is 4.72 Å². The Hall–Kier alpha value is -0.400. The molecule has 21 heavy (non-hydrogen) atoms. The summed E-state index contributed by atoms with van der Waals surface area (Å²) in [6.45, 7) is 0.246. The van der Waals surface area contributed by atoms with E-state index in [1.165, 1.54) is 6.07 Å². The molecule has 8 heteroatoms. The number of hydrogen-bond donors (Lipinski definition) is 2. The molecular weight excluding hydrogens is 340 g/mol. The van der Waals surface area contributed by atoms with Crippen LogP contribution in [0.2, 0.25) is 10.0 Å². The third kappa shape index (κ3) is 4.07. The average molecular weight is 356 g/mol. The number of hydrogen-bond acceptors (Lipinski definition) is 3. The summed E-state index contributed by atoms with van der Waals surface area (Å²) in [6.07, 6.45) is 2.56. The van der Waals surface area contributed by atoms with Gasteiger partial charge in [0.15, 0.2) is 5.82 Å². The molecule has 1 aliphatic rings. The smallest absolute Gasteiger partial charge is 0.242 e. The zero-order valence-electron chi connectivity index (χ0n) is 11.2. The summed E-state index contributed by atoms with van der Waals surface area (Å²) in [5, 5.41) is 8.69. The molecule has 118 valence electrons.